The van der Waals surface area contributed by atoms with Crippen molar-refractivity contribution in [3.8, 4) is 0 Å². The zero-order valence-electron chi connectivity index (χ0n) is 12.2. The molecule has 1 heterocycles. The van der Waals surface area contributed by atoms with Crippen molar-refractivity contribution >= 4 is 17.7 Å². The third-order valence-electron chi connectivity index (χ3n) is 5.61. The molecule has 2 bridgehead atoms. The van der Waals surface area contributed by atoms with E-state index in [9.17, 15) is 14.4 Å². The Bertz CT molecular complexity index is 647. The van der Waals surface area contributed by atoms with E-state index in [1.54, 1.807) is 12.1 Å². The van der Waals surface area contributed by atoms with E-state index in [4.69, 9.17) is 0 Å². The van der Waals surface area contributed by atoms with Crippen molar-refractivity contribution in [2.24, 2.45) is 17.8 Å². The molecule has 1 aliphatic heterocycles. The van der Waals surface area contributed by atoms with Crippen LogP contribution in [0.3, 0.4) is 0 Å². The van der Waals surface area contributed by atoms with E-state index in [1.807, 2.05) is 18.2 Å². The monoisotopic (exact) mass is 298 g/mol. The van der Waals surface area contributed by atoms with Crippen molar-refractivity contribution in [1.29, 1.82) is 0 Å². The molecule has 3 saturated carbocycles. The van der Waals surface area contributed by atoms with Gasteiger partial charge in [-0.15, -0.1) is 0 Å². The molecule has 0 unspecified atom stereocenters. The summed E-state index contributed by atoms with van der Waals surface area (Å²) in [5, 5.41) is 5.57. The van der Waals surface area contributed by atoms with Gasteiger partial charge in [0.1, 0.15) is 0 Å². The number of imide groups is 1. The Kier molecular flexibility index (Phi) is 2.86. The third kappa shape index (κ3) is 1.81. The molecule has 3 amide bonds. The molecule has 1 aromatic rings. The van der Waals surface area contributed by atoms with Gasteiger partial charge in [-0.05, 0) is 43.7 Å². The van der Waals surface area contributed by atoms with Crippen LogP contribution in [0.1, 0.15) is 36.0 Å². The molecule has 1 aromatic carbocycles. The fourth-order valence-corrected chi connectivity index (χ4v) is 4.59. The molecule has 2 N–H and O–H groups in total. The van der Waals surface area contributed by atoms with Gasteiger partial charge in [0.2, 0.25) is 11.8 Å². The number of hydrogen-bond acceptors (Lipinski definition) is 3. The quantitative estimate of drug-likeness (QED) is 0.807. The maximum atomic E-state index is 12.5. The first kappa shape index (κ1) is 13.5. The Labute approximate surface area is 128 Å². The van der Waals surface area contributed by atoms with Crippen LogP contribution in [-0.4, -0.2) is 23.3 Å². The first-order valence-corrected chi connectivity index (χ1v) is 7.83. The number of fused-ring (bicyclic) bond motifs is 2. The predicted molar refractivity (Wildman–Crippen MR) is 78.7 cm³/mol. The number of nitrogens with one attached hydrogen (secondary N) is 2. The third-order valence-corrected chi connectivity index (χ3v) is 5.61. The summed E-state index contributed by atoms with van der Waals surface area (Å²) in [5.74, 6) is -0.907. The van der Waals surface area contributed by atoms with Gasteiger partial charge in [0.25, 0.3) is 5.91 Å². The van der Waals surface area contributed by atoms with Crippen molar-refractivity contribution < 1.29 is 14.4 Å². The summed E-state index contributed by atoms with van der Waals surface area (Å²) in [6, 6.07) is 9.02. The average Bonchev–Trinajstić information content (AvgIpc) is 2.86. The van der Waals surface area contributed by atoms with E-state index in [0.717, 1.165) is 25.7 Å². The molecule has 5 heteroatoms. The SMILES string of the molecule is O=C(NC12CCC(CC1)[C@@H]1C(=O)NC(=O)[C@@H]12)c1ccccc1. The number of amides is 3. The second-order valence-electron chi connectivity index (χ2n) is 6.67. The van der Waals surface area contributed by atoms with Crippen molar-refractivity contribution in [2.45, 2.75) is 31.2 Å². The summed E-state index contributed by atoms with van der Waals surface area (Å²) >= 11 is 0. The summed E-state index contributed by atoms with van der Waals surface area (Å²) in [5.41, 5.74) is 0.0219. The van der Waals surface area contributed by atoms with Crippen molar-refractivity contribution in [1.82, 2.24) is 10.6 Å². The summed E-state index contributed by atoms with van der Waals surface area (Å²) < 4.78 is 0. The number of carbonyl (C=O) groups excluding carboxylic acids is 3. The highest BCUT2D eigenvalue weighted by atomic mass is 16.2. The normalized spacial score (nSPS) is 35.9. The molecule has 5 rings (SSSR count). The maximum Gasteiger partial charge on any atom is 0.251 e. The molecule has 114 valence electrons. The minimum atomic E-state index is -0.567. The largest absolute Gasteiger partial charge is 0.346 e. The van der Waals surface area contributed by atoms with Crippen LogP contribution in [0.5, 0.6) is 0 Å². The van der Waals surface area contributed by atoms with Gasteiger partial charge in [0.15, 0.2) is 0 Å². The van der Waals surface area contributed by atoms with Crippen LogP contribution >= 0.6 is 0 Å². The lowest BCUT2D eigenvalue weighted by Crippen LogP contribution is -2.63. The molecule has 22 heavy (non-hydrogen) atoms. The van der Waals surface area contributed by atoms with Crippen molar-refractivity contribution in [3.63, 3.8) is 0 Å². The van der Waals surface area contributed by atoms with E-state index in [1.165, 1.54) is 0 Å². The average molecular weight is 298 g/mol. The van der Waals surface area contributed by atoms with Gasteiger partial charge < -0.3 is 5.32 Å². The molecule has 1 saturated heterocycles. The summed E-state index contributed by atoms with van der Waals surface area (Å²) in [6.07, 6.45) is 3.35. The van der Waals surface area contributed by atoms with Gasteiger partial charge >= 0.3 is 0 Å². The van der Waals surface area contributed by atoms with Crippen molar-refractivity contribution in [2.75, 3.05) is 0 Å². The number of carbonyl (C=O) groups is 3. The molecule has 4 fully saturated rings. The highest BCUT2D eigenvalue weighted by Gasteiger charge is 2.62. The van der Waals surface area contributed by atoms with Crippen LogP contribution in [0.4, 0.5) is 0 Å². The van der Waals surface area contributed by atoms with Gasteiger partial charge in [-0.25, -0.2) is 0 Å². The smallest absolute Gasteiger partial charge is 0.251 e. The van der Waals surface area contributed by atoms with Crippen LogP contribution in [0.25, 0.3) is 0 Å². The van der Waals surface area contributed by atoms with E-state index in [2.05, 4.69) is 10.6 Å². The summed E-state index contributed by atoms with van der Waals surface area (Å²) in [4.78, 5) is 36.9. The maximum absolute atomic E-state index is 12.5. The molecular weight excluding hydrogens is 280 g/mol. The fraction of sp³-hybridized carbons (Fsp3) is 0.471. The van der Waals surface area contributed by atoms with Gasteiger partial charge in [0, 0.05) is 5.56 Å². The highest BCUT2D eigenvalue weighted by Crippen LogP contribution is 2.53. The molecule has 0 spiro atoms. The Morgan fingerprint density at radius 1 is 1.09 bits per heavy atom. The molecule has 0 radical (unpaired) electrons. The van der Waals surface area contributed by atoms with E-state index in [-0.39, 0.29) is 29.6 Å². The second kappa shape index (κ2) is 4.66. The molecule has 2 atom stereocenters. The Morgan fingerprint density at radius 2 is 1.77 bits per heavy atom. The van der Waals surface area contributed by atoms with Gasteiger partial charge in [-0.1, -0.05) is 18.2 Å². The topological polar surface area (TPSA) is 75.3 Å². The minimum absolute atomic E-state index is 0.155. The Hall–Kier alpha value is -2.17. The minimum Gasteiger partial charge on any atom is -0.346 e. The molecule has 3 aliphatic carbocycles. The second-order valence-corrected chi connectivity index (χ2v) is 6.67. The summed E-state index contributed by atoms with van der Waals surface area (Å²) in [6.45, 7) is 0. The highest BCUT2D eigenvalue weighted by molar-refractivity contribution is 6.07. The van der Waals surface area contributed by atoms with Gasteiger partial charge in [-0.3, -0.25) is 19.7 Å². The predicted octanol–water partition coefficient (Wildman–Crippen LogP) is 1.25. The number of rotatable bonds is 2. The lowest BCUT2D eigenvalue weighted by molar-refractivity contribution is -0.132. The Morgan fingerprint density at radius 3 is 2.45 bits per heavy atom. The molecule has 4 aliphatic rings. The van der Waals surface area contributed by atoms with Crippen LogP contribution in [0.2, 0.25) is 0 Å². The lowest BCUT2D eigenvalue weighted by atomic mass is 9.55. The number of hydrogen-bond donors (Lipinski definition) is 2. The van der Waals surface area contributed by atoms with Gasteiger partial charge in [0.05, 0.1) is 17.4 Å². The van der Waals surface area contributed by atoms with E-state index < -0.39 is 11.5 Å². The van der Waals surface area contributed by atoms with E-state index in [0.29, 0.717) is 5.56 Å². The molecule has 0 aromatic heterocycles. The lowest BCUT2D eigenvalue weighted by Gasteiger charge is -2.52. The standard InChI is InChI=1S/C17H18N2O3/c20-14(11-4-2-1-3-5-11)19-17-8-6-10(7-9-17)12-13(17)16(22)18-15(12)21/h1-5,10,12-13H,6-9H2,(H,19,20)(H,18,21,22)/t10?,12-,13+,17?/m0/s1. The van der Waals surface area contributed by atoms with Crippen LogP contribution in [-0.2, 0) is 9.59 Å². The van der Waals surface area contributed by atoms with Crippen LogP contribution in [0.15, 0.2) is 30.3 Å². The number of benzene rings is 1. The first-order valence-electron chi connectivity index (χ1n) is 7.83. The summed E-state index contributed by atoms with van der Waals surface area (Å²) in [7, 11) is 0. The van der Waals surface area contributed by atoms with Crippen LogP contribution in [0, 0.1) is 17.8 Å². The van der Waals surface area contributed by atoms with Crippen LogP contribution < -0.4 is 10.6 Å². The zero-order valence-corrected chi connectivity index (χ0v) is 12.2. The Balaban J connectivity index is 1.66. The molecular formula is C17H18N2O3. The molecule has 5 nitrogen and oxygen atoms in total. The zero-order chi connectivity index (χ0) is 15.3. The van der Waals surface area contributed by atoms with Gasteiger partial charge in [-0.2, -0.15) is 0 Å². The fourth-order valence-electron chi connectivity index (χ4n) is 4.59. The first-order chi connectivity index (χ1) is 10.6. The van der Waals surface area contributed by atoms with E-state index >= 15 is 0 Å². The van der Waals surface area contributed by atoms with Crippen molar-refractivity contribution in [3.05, 3.63) is 35.9 Å².